The second kappa shape index (κ2) is 6.51. The van der Waals surface area contributed by atoms with Crippen LogP contribution in [0.5, 0.6) is 0 Å². The number of nitrogens with one attached hydrogen (secondary N) is 1. The molecule has 7 nitrogen and oxygen atoms in total. The number of hydrogen-bond acceptors (Lipinski definition) is 5. The number of ether oxygens (including phenoxy) is 1. The number of aromatic carboxylic acids is 1. The molecule has 1 heterocycles. The Balaban J connectivity index is 2.13. The third-order valence-corrected chi connectivity index (χ3v) is 3.20. The van der Waals surface area contributed by atoms with Crippen LogP contribution in [0.3, 0.4) is 0 Å². The van der Waals surface area contributed by atoms with Crippen molar-refractivity contribution in [3.05, 3.63) is 45.8 Å². The van der Waals surface area contributed by atoms with Gasteiger partial charge in [-0.3, -0.25) is 4.79 Å². The van der Waals surface area contributed by atoms with Crippen LogP contribution in [0.4, 0.5) is 5.69 Å². The number of anilines is 1. The Labute approximate surface area is 128 Å². The lowest BCUT2D eigenvalue weighted by molar-refractivity contribution is 0.0696. The van der Waals surface area contributed by atoms with Crippen LogP contribution in [-0.2, 0) is 11.3 Å². The highest BCUT2D eigenvalue weighted by atomic mass is 79.9. The second-order valence-corrected chi connectivity index (χ2v) is 4.92. The molecule has 0 fully saturated rings. The zero-order chi connectivity index (χ0) is 15.4. The van der Waals surface area contributed by atoms with Crippen LogP contribution in [-0.4, -0.2) is 29.2 Å². The van der Waals surface area contributed by atoms with E-state index in [0.29, 0.717) is 15.9 Å². The zero-order valence-corrected chi connectivity index (χ0v) is 12.5. The van der Waals surface area contributed by atoms with Gasteiger partial charge in [-0.05, 0) is 34.1 Å². The average Bonchev–Trinajstić information content (AvgIpc) is 2.90. The van der Waals surface area contributed by atoms with E-state index in [1.807, 2.05) is 0 Å². The Kier molecular flexibility index (Phi) is 4.71. The molecule has 8 heteroatoms. The average molecular weight is 355 g/mol. The maximum absolute atomic E-state index is 12.0. The summed E-state index contributed by atoms with van der Waals surface area (Å²) in [4.78, 5) is 22.8. The zero-order valence-electron chi connectivity index (χ0n) is 10.9. The minimum atomic E-state index is -1.05. The monoisotopic (exact) mass is 354 g/mol. The molecule has 0 spiro atoms. The summed E-state index contributed by atoms with van der Waals surface area (Å²) in [6, 6.07) is 5.75. The van der Waals surface area contributed by atoms with Crippen molar-refractivity contribution in [2.45, 2.75) is 6.61 Å². The second-order valence-electron chi connectivity index (χ2n) is 4.07. The van der Waals surface area contributed by atoms with Gasteiger partial charge in [-0.1, -0.05) is 5.16 Å². The summed E-state index contributed by atoms with van der Waals surface area (Å²) in [5, 5.41) is 15.1. The number of nitrogens with zero attached hydrogens (tertiary/aromatic N) is 1. The first kappa shape index (κ1) is 15.2. The number of carboxylic acid groups (broad SMARTS) is 1. The molecule has 0 atom stereocenters. The van der Waals surface area contributed by atoms with Crippen molar-refractivity contribution in [2.75, 3.05) is 12.4 Å². The van der Waals surface area contributed by atoms with Gasteiger partial charge in [0.15, 0.2) is 11.5 Å². The first-order chi connectivity index (χ1) is 10.0. The molecule has 1 aromatic heterocycles. The van der Waals surface area contributed by atoms with Gasteiger partial charge in [-0.15, -0.1) is 0 Å². The van der Waals surface area contributed by atoms with Crippen molar-refractivity contribution >= 4 is 33.5 Å². The van der Waals surface area contributed by atoms with Crippen molar-refractivity contribution in [1.29, 1.82) is 0 Å². The summed E-state index contributed by atoms with van der Waals surface area (Å²) in [6.45, 7) is 0.220. The maximum Gasteiger partial charge on any atom is 0.335 e. The first-order valence-electron chi connectivity index (χ1n) is 5.80. The van der Waals surface area contributed by atoms with E-state index in [1.54, 1.807) is 0 Å². The Hall–Kier alpha value is -2.19. The number of carbonyl (C=O) groups is 2. The van der Waals surface area contributed by atoms with Gasteiger partial charge in [0.25, 0.3) is 5.91 Å². The van der Waals surface area contributed by atoms with Gasteiger partial charge in [0.2, 0.25) is 0 Å². The summed E-state index contributed by atoms with van der Waals surface area (Å²) in [6.07, 6.45) is 0. The molecule has 2 aromatic rings. The molecule has 0 unspecified atom stereocenters. The van der Waals surface area contributed by atoms with Gasteiger partial charge < -0.3 is 19.7 Å². The van der Waals surface area contributed by atoms with Gasteiger partial charge in [-0.2, -0.15) is 0 Å². The highest BCUT2D eigenvalue weighted by Crippen LogP contribution is 2.24. The van der Waals surface area contributed by atoms with Gasteiger partial charge in [0.1, 0.15) is 6.61 Å². The highest BCUT2D eigenvalue weighted by molar-refractivity contribution is 9.10. The number of carboxylic acids is 1. The van der Waals surface area contributed by atoms with E-state index < -0.39 is 11.9 Å². The Bertz CT molecular complexity index is 683. The fourth-order valence-electron chi connectivity index (χ4n) is 1.57. The van der Waals surface area contributed by atoms with Gasteiger partial charge in [-0.25, -0.2) is 4.79 Å². The number of halogens is 1. The molecule has 0 saturated carbocycles. The number of rotatable bonds is 5. The molecule has 0 radical (unpaired) electrons. The van der Waals surface area contributed by atoms with Crippen LogP contribution in [0.15, 0.2) is 33.3 Å². The lowest BCUT2D eigenvalue weighted by Crippen LogP contribution is -2.13. The summed E-state index contributed by atoms with van der Waals surface area (Å²) in [5.74, 6) is -1.08. The van der Waals surface area contributed by atoms with Crippen LogP contribution < -0.4 is 5.32 Å². The van der Waals surface area contributed by atoms with Crippen molar-refractivity contribution in [2.24, 2.45) is 0 Å². The molecular weight excluding hydrogens is 344 g/mol. The number of hydrogen-bond donors (Lipinski definition) is 2. The summed E-state index contributed by atoms with van der Waals surface area (Å²) in [5.41, 5.74) is 0.654. The van der Waals surface area contributed by atoms with Crippen molar-refractivity contribution in [3.8, 4) is 0 Å². The normalized spacial score (nSPS) is 10.4. The number of methoxy groups -OCH3 is 1. The minimum absolute atomic E-state index is 0.108. The van der Waals surface area contributed by atoms with Gasteiger partial charge in [0.05, 0.1) is 11.3 Å². The van der Waals surface area contributed by atoms with Crippen molar-refractivity contribution < 1.29 is 24.0 Å². The number of benzene rings is 1. The molecule has 110 valence electrons. The Morgan fingerprint density at radius 1 is 1.43 bits per heavy atom. The van der Waals surface area contributed by atoms with Gasteiger partial charge >= 0.3 is 5.97 Å². The molecule has 0 aliphatic rings. The lowest BCUT2D eigenvalue weighted by Gasteiger charge is -2.06. The molecule has 0 bridgehead atoms. The standard InChI is InChI=1S/C13H11BrN2O5/c1-20-6-8-5-11(16-21-8)12(17)15-10-3-2-7(13(18)19)4-9(10)14/h2-5H,6H2,1H3,(H,15,17)(H,18,19). The third-order valence-electron chi connectivity index (χ3n) is 2.54. The minimum Gasteiger partial charge on any atom is -0.478 e. The molecule has 0 aliphatic carbocycles. The molecule has 21 heavy (non-hydrogen) atoms. The molecule has 2 N–H and O–H groups in total. The number of amides is 1. The summed E-state index contributed by atoms with van der Waals surface area (Å²) < 4.78 is 10.2. The summed E-state index contributed by atoms with van der Waals surface area (Å²) in [7, 11) is 1.50. The molecular formula is C13H11BrN2O5. The van der Waals surface area contributed by atoms with Gasteiger partial charge in [0, 0.05) is 17.6 Å². The molecule has 1 amide bonds. The van der Waals surface area contributed by atoms with E-state index in [0.717, 1.165) is 0 Å². The SMILES string of the molecule is COCc1cc(C(=O)Nc2ccc(C(=O)O)cc2Br)no1. The Morgan fingerprint density at radius 3 is 2.81 bits per heavy atom. The predicted octanol–water partition coefficient (Wildman–Crippen LogP) is 2.53. The Morgan fingerprint density at radius 2 is 2.19 bits per heavy atom. The molecule has 2 rings (SSSR count). The first-order valence-corrected chi connectivity index (χ1v) is 6.59. The fourth-order valence-corrected chi connectivity index (χ4v) is 2.04. The van der Waals surface area contributed by atoms with Crippen LogP contribution in [0.25, 0.3) is 0 Å². The van der Waals surface area contributed by atoms with Crippen LogP contribution in [0, 0.1) is 0 Å². The number of aromatic nitrogens is 1. The third kappa shape index (κ3) is 3.67. The van der Waals surface area contributed by atoms with Crippen molar-refractivity contribution in [1.82, 2.24) is 5.16 Å². The van der Waals surface area contributed by atoms with E-state index >= 15 is 0 Å². The van der Waals surface area contributed by atoms with Crippen molar-refractivity contribution in [3.63, 3.8) is 0 Å². The van der Waals surface area contributed by atoms with E-state index in [1.165, 1.54) is 31.4 Å². The fraction of sp³-hybridized carbons (Fsp3) is 0.154. The van der Waals surface area contributed by atoms with E-state index in [9.17, 15) is 9.59 Å². The van der Waals surface area contributed by atoms with E-state index in [-0.39, 0.29) is 17.9 Å². The lowest BCUT2D eigenvalue weighted by atomic mass is 10.2. The predicted molar refractivity (Wildman–Crippen MR) is 76.3 cm³/mol. The van der Waals surface area contributed by atoms with Crippen LogP contribution in [0.2, 0.25) is 0 Å². The van der Waals surface area contributed by atoms with Crippen LogP contribution >= 0.6 is 15.9 Å². The smallest absolute Gasteiger partial charge is 0.335 e. The van der Waals surface area contributed by atoms with Crippen LogP contribution in [0.1, 0.15) is 26.6 Å². The quantitative estimate of drug-likeness (QED) is 0.855. The van der Waals surface area contributed by atoms with E-state index in [4.69, 9.17) is 14.4 Å². The summed E-state index contributed by atoms with van der Waals surface area (Å²) >= 11 is 3.20. The highest BCUT2D eigenvalue weighted by Gasteiger charge is 2.15. The molecule has 1 aromatic carbocycles. The molecule has 0 saturated heterocycles. The van der Waals surface area contributed by atoms with E-state index in [2.05, 4.69) is 26.4 Å². The largest absolute Gasteiger partial charge is 0.478 e. The molecule has 0 aliphatic heterocycles. The topological polar surface area (TPSA) is 102 Å². The maximum atomic E-state index is 12.0. The number of carbonyl (C=O) groups excluding carboxylic acids is 1.